The van der Waals surface area contributed by atoms with Gasteiger partial charge in [0, 0.05) is 13.2 Å². The average molecular weight is 259 g/mol. The van der Waals surface area contributed by atoms with Crippen LogP contribution < -0.4 is 10.6 Å². The molecule has 1 heterocycles. The van der Waals surface area contributed by atoms with Gasteiger partial charge in [-0.3, -0.25) is 10.1 Å². The third-order valence-corrected chi connectivity index (χ3v) is 3.27. The molecule has 0 aromatic heterocycles. The van der Waals surface area contributed by atoms with Crippen molar-refractivity contribution in [2.75, 3.05) is 7.11 Å². The fraction of sp³-hybridized carbons (Fsp3) is 0.429. The van der Waals surface area contributed by atoms with Crippen LogP contribution in [-0.2, 0) is 16.1 Å². The standard InChI is InChI=1S/C14H17N3O2/c1-19-8-9-2-4-10(5-3-9)12-13(18)17-14(16-12)15-11-6-7-11/h2-5,11-12H,6-8H2,1H3,(H2,15,16,17,18). The topological polar surface area (TPSA) is 62.7 Å². The number of amides is 1. The number of ether oxygens (including phenoxy) is 1. The molecule has 5 nitrogen and oxygen atoms in total. The van der Waals surface area contributed by atoms with Crippen LogP contribution in [0.25, 0.3) is 0 Å². The first kappa shape index (κ1) is 12.2. The number of hydrogen-bond donors (Lipinski definition) is 2. The molecule has 3 rings (SSSR count). The van der Waals surface area contributed by atoms with Crippen LogP contribution >= 0.6 is 0 Å². The second kappa shape index (κ2) is 5.01. The minimum atomic E-state index is -0.433. The first-order chi connectivity index (χ1) is 9.26. The number of benzene rings is 1. The maximum absolute atomic E-state index is 11.9. The number of rotatable bonds is 4. The van der Waals surface area contributed by atoms with Gasteiger partial charge in [-0.2, -0.15) is 0 Å². The Morgan fingerprint density at radius 2 is 2.11 bits per heavy atom. The van der Waals surface area contributed by atoms with Crippen LogP contribution in [0.1, 0.15) is 30.0 Å². The van der Waals surface area contributed by atoms with E-state index in [0.717, 1.165) is 24.0 Å². The Balaban J connectivity index is 1.73. The Kier molecular flexibility index (Phi) is 3.21. The number of carbonyl (C=O) groups is 1. The van der Waals surface area contributed by atoms with E-state index in [1.165, 1.54) is 0 Å². The molecule has 1 aliphatic heterocycles. The van der Waals surface area contributed by atoms with Gasteiger partial charge in [0.25, 0.3) is 5.91 Å². The summed E-state index contributed by atoms with van der Waals surface area (Å²) in [7, 11) is 1.67. The summed E-state index contributed by atoms with van der Waals surface area (Å²) in [4.78, 5) is 16.3. The minimum absolute atomic E-state index is 0.0670. The van der Waals surface area contributed by atoms with Gasteiger partial charge in [-0.25, -0.2) is 4.99 Å². The summed E-state index contributed by atoms with van der Waals surface area (Å²) in [5, 5.41) is 6.00. The van der Waals surface area contributed by atoms with E-state index in [9.17, 15) is 4.79 Å². The van der Waals surface area contributed by atoms with Crippen LogP contribution in [0.2, 0.25) is 0 Å². The van der Waals surface area contributed by atoms with E-state index in [0.29, 0.717) is 18.6 Å². The van der Waals surface area contributed by atoms with Crippen LogP contribution in [0.5, 0.6) is 0 Å². The van der Waals surface area contributed by atoms with Gasteiger partial charge in [0.05, 0.1) is 6.61 Å². The van der Waals surface area contributed by atoms with Gasteiger partial charge in [0.1, 0.15) is 0 Å². The molecule has 0 radical (unpaired) electrons. The average Bonchev–Trinajstić information content (AvgIpc) is 3.14. The highest BCUT2D eigenvalue weighted by Crippen LogP contribution is 2.23. The summed E-state index contributed by atoms with van der Waals surface area (Å²) in [6, 6.07) is 7.85. The molecule has 5 heteroatoms. The molecule has 1 aromatic carbocycles. The van der Waals surface area contributed by atoms with Crippen LogP contribution in [0.3, 0.4) is 0 Å². The van der Waals surface area contributed by atoms with E-state index < -0.39 is 6.04 Å². The third kappa shape index (κ3) is 2.76. The van der Waals surface area contributed by atoms with Crippen molar-refractivity contribution in [1.29, 1.82) is 0 Å². The van der Waals surface area contributed by atoms with Crippen LogP contribution in [0.15, 0.2) is 29.3 Å². The number of nitrogens with zero attached hydrogens (tertiary/aromatic N) is 1. The molecular formula is C14H17N3O2. The normalized spacial score (nSPS) is 22.1. The lowest BCUT2D eigenvalue weighted by atomic mass is 10.1. The molecule has 19 heavy (non-hydrogen) atoms. The van der Waals surface area contributed by atoms with E-state index in [2.05, 4.69) is 15.6 Å². The van der Waals surface area contributed by atoms with Crippen molar-refractivity contribution in [3.63, 3.8) is 0 Å². The molecule has 1 saturated carbocycles. The highest BCUT2D eigenvalue weighted by molar-refractivity contribution is 6.05. The molecule has 1 aromatic rings. The fourth-order valence-corrected chi connectivity index (χ4v) is 2.09. The molecule has 1 aliphatic carbocycles. The molecule has 1 unspecified atom stereocenters. The van der Waals surface area contributed by atoms with Gasteiger partial charge >= 0.3 is 0 Å². The summed E-state index contributed by atoms with van der Waals surface area (Å²) in [6.45, 7) is 0.578. The zero-order valence-corrected chi connectivity index (χ0v) is 10.8. The summed E-state index contributed by atoms with van der Waals surface area (Å²) in [5.74, 6) is 0.543. The molecule has 1 amide bonds. The Hall–Kier alpha value is -1.88. The molecule has 0 spiro atoms. The Morgan fingerprint density at radius 3 is 2.74 bits per heavy atom. The first-order valence-electron chi connectivity index (χ1n) is 6.49. The summed E-state index contributed by atoms with van der Waals surface area (Å²) >= 11 is 0. The number of guanidine groups is 1. The van der Waals surface area contributed by atoms with E-state index in [1.807, 2.05) is 24.3 Å². The molecule has 2 aliphatic rings. The quantitative estimate of drug-likeness (QED) is 0.851. The lowest BCUT2D eigenvalue weighted by Gasteiger charge is -2.06. The third-order valence-electron chi connectivity index (χ3n) is 3.27. The molecule has 100 valence electrons. The molecule has 1 atom stereocenters. The number of hydrogen-bond acceptors (Lipinski definition) is 4. The van der Waals surface area contributed by atoms with Gasteiger partial charge in [-0.1, -0.05) is 24.3 Å². The van der Waals surface area contributed by atoms with Gasteiger partial charge < -0.3 is 10.1 Å². The van der Waals surface area contributed by atoms with Crippen molar-refractivity contribution in [1.82, 2.24) is 10.6 Å². The number of carbonyl (C=O) groups excluding carboxylic acids is 1. The molecule has 0 saturated heterocycles. The van der Waals surface area contributed by atoms with Gasteiger partial charge in [-0.15, -0.1) is 0 Å². The molecule has 1 fully saturated rings. The van der Waals surface area contributed by atoms with E-state index in [-0.39, 0.29) is 5.91 Å². The zero-order chi connectivity index (χ0) is 13.2. The second-order valence-corrected chi connectivity index (χ2v) is 4.96. The zero-order valence-electron chi connectivity index (χ0n) is 10.8. The van der Waals surface area contributed by atoms with Crippen molar-refractivity contribution in [3.05, 3.63) is 35.4 Å². The lowest BCUT2D eigenvalue weighted by molar-refractivity contribution is -0.120. The minimum Gasteiger partial charge on any atom is -0.380 e. The predicted molar refractivity (Wildman–Crippen MR) is 71.6 cm³/mol. The predicted octanol–water partition coefficient (Wildman–Crippen LogP) is 1.11. The van der Waals surface area contributed by atoms with Gasteiger partial charge in [0.2, 0.25) is 0 Å². The molecule has 0 bridgehead atoms. The Bertz CT molecular complexity index is 506. The van der Waals surface area contributed by atoms with Crippen molar-refractivity contribution in [3.8, 4) is 0 Å². The van der Waals surface area contributed by atoms with E-state index >= 15 is 0 Å². The molecular weight excluding hydrogens is 242 g/mol. The highest BCUT2D eigenvalue weighted by Gasteiger charge is 2.31. The smallest absolute Gasteiger partial charge is 0.256 e. The summed E-state index contributed by atoms with van der Waals surface area (Å²) in [6.07, 6.45) is 2.32. The SMILES string of the molecule is COCc1ccc(C2N=C(NC3CC3)NC2=O)cc1. The fourth-order valence-electron chi connectivity index (χ4n) is 2.09. The Labute approximate surface area is 112 Å². The summed E-state index contributed by atoms with van der Waals surface area (Å²) in [5.41, 5.74) is 2.00. The van der Waals surface area contributed by atoms with Gasteiger partial charge in [0.15, 0.2) is 12.0 Å². The largest absolute Gasteiger partial charge is 0.380 e. The number of nitrogens with one attached hydrogen (secondary N) is 2. The lowest BCUT2D eigenvalue weighted by Crippen LogP contribution is -2.37. The Morgan fingerprint density at radius 1 is 1.37 bits per heavy atom. The monoisotopic (exact) mass is 259 g/mol. The second-order valence-electron chi connectivity index (χ2n) is 4.96. The number of aliphatic imine (C=N–C) groups is 1. The van der Waals surface area contributed by atoms with Crippen LogP contribution in [0.4, 0.5) is 0 Å². The van der Waals surface area contributed by atoms with E-state index in [1.54, 1.807) is 7.11 Å². The van der Waals surface area contributed by atoms with Crippen molar-refractivity contribution in [2.45, 2.75) is 31.5 Å². The van der Waals surface area contributed by atoms with Gasteiger partial charge in [-0.05, 0) is 24.0 Å². The van der Waals surface area contributed by atoms with Crippen LogP contribution in [0, 0.1) is 0 Å². The number of methoxy groups -OCH3 is 1. The van der Waals surface area contributed by atoms with E-state index in [4.69, 9.17) is 4.74 Å². The maximum atomic E-state index is 11.9. The van der Waals surface area contributed by atoms with Crippen molar-refractivity contribution < 1.29 is 9.53 Å². The highest BCUT2D eigenvalue weighted by atomic mass is 16.5. The maximum Gasteiger partial charge on any atom is 0.256 e. The molecule has 2 N–H and O–H groups in total. The van der Waals surface area contributed by atoms with Crippen molar-refractivity contribution in [2.24, 2.45) is 4.99 Å². The first-order valence-corrected chi connectivity index (χ1v) is 6.49. The summed E-state index contributed by atoms with van der Waals surface area (Å²) < 4.78 is 5.07. The van der Waals surface area contributed by atoms with Crippen molar-refractivity contribution >= 4 is 11.9 Å². The van der Waals surface area contributed by atoms with Crippen LogP contribution in [-0.4, -0.2) is 25.0 Å².